The van der Waals surface area contributed by atoms with E-state index < -0.39 is 41.1 Å². The number of hydrogen-bond acceptors (Lipinski definition) is 7. The van der Waals surface area contributed by atoms with Gasteiger partial charge in [0.25, 0.3) is 5.78 Å². The molecule has 184 valence electrons. The molecule has 1 unspecified atom stereocenters. The Kier molecular flexibility index (Phi) is 6.80. The molecule has 0 aliphatic carbocycles. The number of hydrogen-bond donors (Lipinski definition) is 1. The van der Waals surface area contributed by atoms with E-state index in [-0.39, 0.29) is 39.0 Å². The summed E-state index contributed by atoms with van der Waals surface area (Å²) in [6.45, 7) is 6.52. The highest BCUT2D eigenvalue weighted by Gasteiger charge is 2.48. The molecule has 3 aromatic rings. The zero-order valence-electron chi connectivity index (χ0n) is 19.2. The zero-order valence-corrected chi connectivity index (χ0v) is 20.1. The first-order valence-corrected chi connectivity index (χ1v) is 11.5. The summed E-state index contributed by atoms with van der Waals surface area (Å²) in [5, 5.41) is 11.0. The number of ether oxygens (including phenoxy) is 1. The van der Waals surface area contributed by atoms with Crippen LogP contribution in [-0.2, 0) is 14.3 Å². The van der Waals surface area contributed by atoms with E-state index in [1.165, 1.54) is 50.3 Å². The number of aromatic nitrogens is 1. The molecule has 1 atom stereocenters. The predicted octanol–water partition coefficient (Wildman–Crippen LogP) is 5.01. The Morgan fingerprint density at radius 2 is 1.97 bits per heavy atom. The number of thiazole rings is 1. The van der Waals surface area contributed by atoms with E-state index in [4.69, 9.17) is 4.74 Å². The van der Waals surface area contributed by atoms with Crippen LogP contribution in [0.5, 0.6) is 0 Å². The lowest BCUT2D eigenvalue weighted by Gasteiger charge is -2.23. The molecule has 0 radical (unpaired) electrons. The van der Waals surface area contributed by atoms with Crippen molar-refractivity contribution < 1.29 is 33.0 Å². The van der Waals surface area contributed by atoms with Crippen molar-refractivity contribution in [1.82, 2.24) is 4.98 Å². The number of anilines is 1. The highest BCUT2D eigenvalue weighted by Crippen LogP contribution is 2.44. The fraction of sp³-hybridized carbons (Fsp3) is 0.154. The number of aliphatic hydroxyl groups excluding tert-OH is 1. The number of carbonyl (C=O) groups is 3. The second-order valence-electron chi connectivity index (χ2n) is 7.99. The summed E-state index contributed by atoms with van der Waals surface area (Å²) in [6.07, 6.45) is 1.39. The van der Waals surface area contributed by atoms with Gasteiger partial charge in [-0.2, -0.15) is 0 Å². The molecule has 0 saturated carbocycles. The molecule has 0 bridgehead atoms. The monoisotopic (exact) mass is 510 g/mol. The molecule has 1 N–H and O–H groups in total. The zero-order chi connectivity index (χ0) is 26.1. The molecule has 1 amide bonds. The minimum Gasteiger partial charge on any atom is -0.507 e. The Labute approximate surface area is 209 Å². The Balaban J connectivity index is 1.90. The number of esters is 1. The van der Waals surface area contributed by atoms with Gasteiger partial charge in [-0.15, -0.1) is 0 Å². The smallest absolute Gasteiger partial charge is 0.350 e. The molecule has 10 heteroatoms. The molecule has 1 aliphatic rings. The third kappa shape index (κ3) is 4.42. The molecule has 1 saturated heterocycles. The molecule has 2 heterocycles. The average molecular weight is 511 g/mol. The fourth-order valence-electron chi connectivity index (χ4n) is 3.79. The molecule has 4 rings (SSSR count). The highest BCUT2D eigenvalue weighted by atomic mass is 32.1. The number of nitrogens with zero attached hydrogens (tertiary/aromatic N) is 2. The van der Waals surface area contributed by atoms with Crippen molar-refractivity contribution in [3.8, 4) is 0 Å². The quantitative estimate of drug-likeness (QED) is 0.165. The molecule has 1 aliphatic heterocycles. The van der Waals surface area contributed by atoms with Crippen molar-refractivity contribution in [3.63, 3.8) is 0 Å². The lowest BCUT2D eigenvalue weighted by molar-refractivity contribution is -0.132. The number of aryl methyl sites for hydroxylation is 2. The number of halogens is 2. The number of amides is 1. The molecule has 1 fully saturated rings. The van der Waals surface area contributed by atoms with Gasteiger partial charge < -0.3 is 9.84 Å². The molecule has 0 spiro atoms. The number of benzene rings is 2. The summed E-state index contributed by atoms with van der Waals surface area (Å²) in [4.78, 5) is 44.2. The fourth-order valence-corrected chi connectivity index (χ4v) is 4.78. The first-order valence-electron chi connectivity index (χ1n) is 10.7. The van der Waals surface area contributed by atoms with Crippen LogP contribution in [0, 0.1) is 25.5 Å². The van der Waals surface area contributed by atoms with Gasteiger partial charge in [-0.1, -0.05) is 48.3 Å². The van der Waals surface area contributed by atoms with Gasteiger partial charge in [-0.25, -0.2) is 18.6 Å². The Morgan fingerprint density at radius 1 is 1.22 bits per heavy atom. The normalized spacial score (nSPS) is 16.9. The van der Waals surface area contributed by atoms with Crippen molar-refractivity contribution in [2.45, 2.75) is 19.9 Å². The van der Waals surface area contributed by atoms with Gasteiger partial charge >= 0.3 is 11.9 Å². The summed E-state index contributed by atoms with van der Waals surface area (Å²) >= 11 is 0.813. The van der Waals surface area contributed by atoms with Crippen molar-refractivity contribution in [1.29, 1.82) is 0 Å². The van der Waals surface area contributed by atoms with E-state index in [1.54, 1.807) is 0 Å². The largest absolute Gasteiger partial charge is 0.507 e. The van der Waals surface area contributed by atoms with Crippen LogP contribution in [0.1, 0.15) is 38.1 Å². The number of Topliss-reactive ketones (excluding diaryl/α,β-unsaturated/α-hetero) is 1. The van der Waals surface area contributed by atoms with E-state index >= 15 is 0 Å². The molecular formula is C26H20F2N2O5S. The second kappa shape index (κ2) is 9.82. The van der Waals surface area contributed by atoms with Gasteiger partial charge in [0.2, 0.25) is 0 Å². The van der Waals surface area contributed by atoms with Crippen LogP contribution in [0.15, 0.2) is 60.7 Å². The van der Waals surface area contributed by atoms with E-state index in [1.807, 2.05) is 0 Å². The molecule has 36 heavy (non-hydrogen) atoms. The number of carbonyl (C=O) groups excluding carboxylic acids is 3. The Bertz CT molecular complexity index is 1450. The van der Waals surface area contributed by atoms with Gasteiger partial charge in [-0.05, 0) is 43.2 Å². The standard InChI is InChI=1S/C26H20F2N2O5S/c1-4-10-35-25(34)23-14(3)29-26(36-23)30-20(15-6-5-7-17(27)11-15)19(22(32)24(30)33)21(31)16-9-8-13(2)18(28)12-16/h4-9,11-12,20,31H,1,10H2,2-3H3. The van der Waals surface area contributed by atoms with Gasteiger partial charge in [0.15, 0.2) is 5.13 Å². The number of aliphatic hydroxyl groups is 1. The Morgan fingerprint density at radius 3 is 2.64 bits per heavy atom. The maximum atomic E-state index is 14.2. The summed E-state index contributed by atoms with van der Waals surface area (Å²) < 4.78 is 33.5. The van der Waals surface area contributed by atoms with Crippen molar-refractivity contribution in [2.75, 3.05) is 11.5 Å². The molecule has 1 aromatic heterocycles. The Hall–Kier alpha value is -4.18. The van der Waals surface area contributed by atoms with Crippen molar-refractivity contribution >= 4 is 39.9 Å². The van der Waals surface area contributed by atoms with Crippen LogP contribution in [0.25, 0.3) is 5.76 Å². The van der Waals surface area contributed by atoms with Crippen LogP contribution >= 0.6 is 11.3 Å². The number of rotatable bonds is 6. The summed E-state index contributed by atoms with van der Waals surface area (Å²) in [6, 6.07) is 7.76. The van der Waals surface area contributed by atoms with E-state index in [0.29, 0.717) is 5.56 Å². The van der Waals surface area contributed by atoms with Crippen molar-refractivity contribution in [2.24, 2.45) is 0 Å². The van der Waals surface area contributed by atoms with Gasteiger partial charge in [0, 0.05) is 5.56 Å². The topological polar surface area (TPSA) is 96.8 Å². The van der Waals surface area contributed by atoms with Gasteiger partial charge in [0.1, 0.15) is 28.9 Å². The molecular weight excluding hydrogens is 490 g/mol. The van der Waals surface area contributed by atoms with Crippen LogP contribution in [0.4, 0.5) is 13.9 Å². The third-order valence-electron chi connectivity index (χ3n) is 5.56. The van der Waals surface area contributed by atoms with Crippen LogP contribution in [0.2, 0.25) is 0 Å². The summed E-state index contributed by atoms with van der Waals surface area (Å²) in [5.74, 6) is -4.67. The molecule has 2 aromatic carbocycles. The van der Waals surface area contributed by atoms with Crippen LogP contribution < -0.4 is 4.90 Å². The number of ketones is 1. The minimum absolute atomic E-state index is 0.0245. The first-order chi connectivity index (χ1) is 17.1. The maximum Gasteiger partial charge on any atom is 0.350 e. The van der Waals surface area contributed by atoms with E-state index in [2.05, 4.69) is 11.6 Å². The summed E-state index contributed by atoms with van der Waals surface area (Å²) in [5.41, 5.74) is 0.360. The molecule has 7 nitrogen and oxygen atoms in total. The van der Waals surface area contributed by atoms with Gasteiger partial charge in [-0.3, -0.25) is 14.5 Å². The second-order valence-corrected chi connectivity index (χ2v) is 8.96. The van der Waals surface area contributed by atoms with E-state index in [0.717, 1.165) is 28.4 Å². The maximum absolute atomic E-state index is 14.2. The third-order valence-corrected chi connectivity index (χ3v) is 6.70. The van der Waals surface area contributed by atoms with Crippen molar-refractivity contribution in [3.05, 3.63) is 99.6 Å². The lowest BCUT2D eigenvalue weighted by Crippen LogP contribution is -2.29. The predicted molar refractivity (Wildman–Crippen MR) is 130 cm³/mol. The first kappa shape index (κ1) is 24.9. The van der Waals surface area contributed by atoms with Gasteiger partial charge in [0.05, 0.1) is 17.3 Å². The summed E-state index contributed by atoms with van der Waals surface area (Å²) in [7, 11) is 0. The minimum atomic E-state index is -1.28. The van der Waals surface area contributed by atoms with Crippen LogP contribution in [0.3, 0.4) is 0 Å². The lowest BCUT2D eigenvalue weighted by atomic mass is 9.95. The SMILES string of the molecule is C=CCOC(=O)c1sc(N2C(=O)C(=O)C(=C(O)c3ccc(C)c(F)c3)C2c2cccc(F)c2)nc1C. The average Bonchev–Trinajstić information content (AvgIpc) is 3.35. The van der Waals surface area contributed by atoms with Crippen LogP contribution in [-0.4, -0.2) is 34.4 Å². The highest BCUT2D eigenvalue weighted by molar-refractivity contribution is 7.17. The van der Waals surface area contributed by atoms with E-state index in [9.17, 15) is 28.3 Å².